The van der Waals surface area contributed by atoms with Gasteiger partial charge in [-0.2, -0.15) is 0 Å². The van der Waals surface area contributed by atoms with E-state index in [1.807, 2.05) is 54.6 Å². The summed E-state index contributed by atoms with van der Waals surface area (Å²) in [4.78, 5) is 12.2. The Bertz CT molecular complexity index is 1200. The predicted molar refractivity (Wildman–Crippen MR) is 175 cm³/mol. The van der Waals surface area contributed by atoms with Crippen molar-refractivity contribution in [2.45, 2.75) is 12.3 Å². The summed E-state index contributed by atoms with van der Waals surface area (Å²) in [6.45, 7) is 7.39. The molecule has 10 nitrogen and oxygen atoms in total. The number of nitrogens with one attached hydrogen (secondary N) is 1. The van der Waals surface area contributed by atoms with Gasteiger partial charge in [-0.15, -0.1) is 0 Å². The monoisotopic (exact) mass is 637 g/mol. The minimum Gasteiger partial charge on any atom is -0.491 e. The van der Waals surface area contributed by atoms with Crippen molar-refractivity contribution in [2.24, 2.45) is 0 Å². The maximum Gasteiger partial charge on any atom is 0.407 e. The Hall–Kier alpha value is -3.51. The zero-order chi connectivity index (χ0) is 31.9. The molecule has 0 spiro atoms. The van der Waals surface area contributed by atoms with Gasteiger partial charge in [0.2, 0.25) is 0 Å². The van der Waals surface area contributed by atoms with E-state index in [-0.39, 0.29) is 5.92 Å². The second kappa shape index (κ2) is 22.1. The van der Waals surface area contributed by atoms with Crippen LogP contribution in [0, 0.1) is 0 Å². The van der Waals surface area contributed by atoms with Crippen LogP contribution >= 0.6 is 0 Å². The van der Waals surface area contributed by atoms with Crippen molar-refractivity contribution in [1.29, 1.82) is 0 Å². The van der Waals surface area contributed by atoms with Crippen LogP contribution in [-0.4, -0.2) is 105 Å². The lowest BCUT2D eigenvalue weighted by Crippen LogP contribution is -2.27. The molecule has 1 amide bonds. The first-order chi connectivity index (χ1) is 22.8. The summed E-state index contributed by atoms with van der Waals surface area (Å²) in [6, 6.07) is 26.2. The molecule has 0 atom stereocenters. The Morgan fingerprint density at radius 2 is 0.957 bits per heavy atom. The SMILES string of the molecule is O=C(NCCCOCCOCCOCCOCCOCCOCCOc1ccccc1)OCC1c2ccccc2-c2ccccc21. The van der Waals surface area contributed by atoms with Gasteiger partial charge in [0, 0.05) is 19.1 Å². The van der Waals surface area contributed by atoms with Crippen molar-refractivity contribution in [3.63, 3.8) is 0 Å². The lowest BCUT2D eigenvalue weighted by Gasteiger charge is -2.14. The maximum absolute atomic E-state index is 12.2. The van der Waals surface area contributed by atoms with E-state index < -0.39 is 6.09 Å². The van der Waals surface area contributed by atoms with Crippen LogP contribution in [0.4, 0.5) is 4.79 Å². The molecule has 1 aliphatic rings. The highest BCUT2D eigenvalue weighted by Crippen LogP contribution is 2.44. The minimum atomic E-state index is -0.411. The average molecular weight is 638 g/mol. The lowest BCUT2D eigenvalue weighted by molar-refractivity contribution is -0.0178. The third-order valence-corrected chi connectivity index (χ3v) is 7.18. The largest absolute Gasteiger partial charge is 0.491 e. The number of hydrogen-bond acceptors (Lipinski definition) is 9. The maximum atomic E-state index is 12.2. The molecule has 0 heterocycles. The number of amides is 1. The van der Waals surface area contributed by atoms with Crippen LogP contribution in [0.1, 0.15) is 23.5 Å². The van der Waals surface area contributed by atoms with Gasteiger partial charge in [-0.05, 0) is 40.8 Å². The van der Waals surface area contributed by atoms with Gasteiger partial charge < -0.3 is 43.2 Å². The van der Waals surface area contributed by atoms with Gasteiger partial charge in [0.25, 0.3) is 0 Å². The van der Waals surface area contributed by atoms with Crippen LogP contribution in [0.2, 0.25) is 0 Å². The molecule has 4 rings (SSSR count). The first-order valence-electron chi connectivity index (χ1n) is 16.1. The highest BCUT2D eigenvalue weighted by atomic mass is 16.6. The first-order valence-corrected chi connectivity index (χ1v) is 16.1. The fraction of sp³-hybridized carbons (Fsp3) is 0.472. The minimum absolute atomic E-state index is 0.0551. The Kier molecular flexibility index (Phi) is 17.0. The van der Waals surface area contributed by atoms with Crippen molar-refractivity contribution >= 4 is 6.09 Å². The van der Waals surface area contributed by atoms with E-state index in [4.69, 9.17) is 37.9 Å². The molecule has 3 aromatic carbocycles. The fourth-order valence-electron chi connectivity index (χ4n) is 4.95. The first kappa shape index (κ1) is 35.3. The molecule has 1 aliphatic carbocycles. The van der Waals surface area contributed by atoms with Crippen LogP contribution in [0.3, 0.4) is 0 Å². The van der Waals surface area contributed by atoms with E-state index in [0.29, 0.717) is 105 Å². The summed E-state index contributed by atoms with van der Waals surface area (Å²) in [5.74, 6) is 0.897. The van der Waals surface area contributed by atoms with E-state index in [9.17, 15) is 4.79 Å². The topological polar surface area (TPSA) is 103 Å². The number of alkyl carbamates (subject to hydrolysis) is 1. The standard InChI is InChI=1S/C36H47NO9/c38-36(46-29-35-33-13-6-4-11-31(33)32-12-5-7-14-34(32)35)37-15-8-16-39-17-18-40-19-20-41-21-22-42-23-24-43-25-26-44-27-28-45-30-9-2-1-3-10-30/h1-7,9-14,35H,8,15-29H2,(H,37,38). The van der Waals surface area contributed by atoms with Crippen LogP contribution in [-0.2, 0) is 33.2 Å². The van der Waals surface area contributed by atoms with Crippen molar-refractivity contribution in [3.05, 3.63) is 90.0 Å². The Morgan fingerprint density at radius 3 is 1.48 bits per heavy atom. The number of hydrogen-bond donors (Lipinski definition) is 1. The number of carbonyl (C=O) groups is 1. The molecule has 0 unspecified atom stereocenters. The van der Waals surface area contributed by atoms with Gasteiger partial charge >= 0.3 is 6.09 Å². The summed E-state index contributed by atoms with van der Waals surface area (Å²) in [6.07, 6.45) is 0.281. The van der Waals surface area contributed by atoms with Crippen LogP contribution in [0.5, 0.6) is 5.75 Å². The molecule has 10 heteroatoms. The summed E-state index contributed by atoms with van der Waals surface area (Å²) < 4.78 is 44.2. The molecule has 0 saturated heterocycles. The Labute approximate surface area is 272 Å². The lowest BCUT2D eigenvalue weighted by atomic mass is 9.98. The van der Waals surface area contributed by atoms with Crippen LogP contribution < -0.4 is 10.1 Å². The quantitative estimate of drug-likeness (QED) is 0.127. The molecule has 46 heavy (non-hydrogen) atoms. The van der Waals surface area contributed by atoms with E-state index in [2.05, 4.69) is 29.6 Å². The van der Waals surface area contributed by atoms with Crippen LogP contribution in [0.15, 0.2) is 78.9 Å². The summed E-state index contributed by atoms with van der Waals surface area (Å²) >= 11 is 0. The van der Waals surface area contributed by atoms with Crippen molar-refractivity contribution < 1.29 is 42.7 Å². The number of rotatable bonds is 25. The molecule has 0 radical (unpaired) electrons. The summed E-state index contributed by atoms with van der Waals surface area (Å²) in [5.41, 5.74) is 4.82. The Morgan fingerprint density at radius 1 is 0.522 bits per heavy atom. The van der Waals surface area contributed by atoms with E-state index >= 15 is 0 Å². The molecule has 0 saturated carbocycles. The van der Waals surface area contributed by atoms with E-state index in [1.54, 1.807) is 0 Å². The van der Waals surface area contributed by atoms with Gasteiger partial charge in [-0.25, -0.2) is 4.79 Å². The van der Waals surface area contributed by atoms with E-state index in [0.717, 1.165) is 5.75 Å². The van der Waals surface area contributed by atoms with Gasteiger partial charge in [-0.1, -0.05) is 66.7 Å². The zero-order valence-corrected chi connectivity index (χ0v) is 26.6. The third kappa shape index (κ3) is 13.1. The number of ether oxygens (including phenoxy) is 8. The van der Waals surface area contributed by atoms with Crippen molar-refractivity contribution in [1.82, 2.24) is 5.32 Å². The Balaban J connectivity index is 0.849. The fourth-order valence-corrected chi connectivity index (χ4v) is 4.95. The molecule has 1 N–H and O–H groups in total. The highest BCUT2D eigenvalue weighted by Gasteiger charge is 2.28. The van der Waals surface area contributed by atoms with Gasteiger partial charge in [0.1, 0.15) is 19.0 Å². The second-order valence-electron chi connectivity index (χ2n) is 10.4. The van der Waals surface area contributed by atoms with Gasteiger partial charge in [0.15, 0.2) is 0 Å². The smallest absolute Gasteiger partial charge is 0.407 e. The molecule has 0 fully saturated rings. The molecule has 3 aromatic rings. The van der Waals surface area contributed by atoms with Gasteiger partial charge in [0.05, 0.1) is 72.7 Å². The highest BCUT2D eigenvalue weighted by molar-refractivity contribution is 5.79. The summed E-state index contributed by atoms with van der Waals surface area (Å²) in [5, 5.41) is 2.80. The second-order valence-corrected chi connectivity index (χ2v) is 10.4. The van der Waals surface area contributed by atoms with Gasteiger partial charge in [-0.3, -0.25) is 0 Å². The molecule has 250 valence electrons. The summed E-state index contributed by atoms with van der Waals surface area (Å²) in [7, 11) is 0. The number of benzene rings is 3. The van der Waals surface area contributed by atoms with E-state index in [1.165, 1.54) is 22.3 Å². The molecule has 0 aliphatic heterocycles. The van der Waals surface area contributed by atoms with Crippen molar-refractivity contribution in [3.8, 4) is 16.9 Å². The average Bonchev–Trinajstić information content (AvgIpc) is 3.41. The molecular formula is C36H47NO9. The predicted octanol–water partition coefficient (Wildman–Crippen LogP) is 5.09. The number of para-hydroxylation sites is 1. The zero-order valence-electron chi connectivity index (χ0n) is 26.6. The molecular weight excluding hydrogens is 590 g/mol. The molecule has 0 aromatic heterocycles. The number of carbonyl (C=O) groups excluding carboxylic acids is 1. The number of fused-ring (bicyclic) bond motifs is 3. The molecule has 0 bridgehead atoms. The third-order valence-electron chi connectivity index (χ3n) is 7.18. The van der Waals surface area contributed by atoms with Crippen molar-refractivity contribution in [2.75, 3.05) is 99.0 Å². The van der Waals surface area contributed by atoms with Crippen LogP contribution in [0.25, 0.3) is 11.1 Å². The normalized spacial score (nSPS) is 12.1.